The normalized spacial score (nSPS) is 21.1. The molecule has 1 fully saturated rings. The molecule has 1 aliphatic carbocycles. The van der Waals surface area contributed by atoms with Crippen molar-refractivity contribution >= 4 is 10.8 Å². The molecule has 1 aliphatic rings. The smallest absolute Gasteiger partial charge is 0.200 e. The summed E-state index contributed by atoms with van der Waals surface area (Å²) in [4.78, 5) is 0. The molecule has 1 heterocycles. The highest BCUT2D eigenvalue weighted by atomic mass is 14.9. The van der Waals surface area contributed by atoms with Crippen molar-refractivity contribution < 1.29 is 12.8 Å². The van der Waals surface area contributed by atoms with Crippen molar-refractivity contribution in [3.8, 4) is 11.3 Å². The molecule has 2 aromatic carbocycles. The summed E-state index contributed by atoms with van der Waals surface area (Å²) in [5, 5.41) is 1.64. The first-order valence-corrected chi connectivity index (χ1v) is 10.4. The Labute approximate surface area is 178 Å². The third kappa shape index (κ3) is 3.48. The van der Waals surface area contributed by atoms with Crippen molar-refractivity contribution in [2.24, 2.45) is 7.05 Å². The fourth-order valence-electron chi connectivity index (χ4n) is 4.59. The third-order valence-corrected chi connectivity index (χ3v) is 6.42. The summed E-state index contributed by atoms with van der Waals surface area (Å²) in [6.45, 7) is 2.88. The average molecular weight is 379 g/mol. The first kappa shape index (κ1) is 13.1. The lowest BCUT2D eigenvalue weighted by Crippen LogP contribution is -2.31. The van der Waals surface area contributed by atoms with E-state index in [1.54, 1.807) is 23.7 Å². The topological polar surface area (TPSA) is 3.88 Å². The fraction of sp³-hybridized carbons (Fsp3) is 0.444. The number of rotatable bonds is 3. The van der Waals surface area contributed by atoms with E-state index in [9.17, 15) is 0 Å². The zero-order valence-corrected chi connectivity index (χ0v) is 17.4. The van der Waals surface area contributed by atoms with Gasteiger partial charge in [0.2, 0.25) is 5.69 Å². The number of fused-ring (bicyclic) bond motifs is 1. The van der Waals surface area contributed by atoms with Crippen LogP contribution in [0.5, 0.6) is 0 Å². The second-order valence-electron chi connectivity index (χ2n) is 8.38. The van der Waals surface area contributed by atoms with Crippen LogP contribution in [0.25, 0.3) is 22.0 Å². The Morgan fingerprint density at radius 1 is 1.14 bits per heavy atom. The number of pyridine rings is 1. The first-order valence-electron chi connectivity index (χ1n) is 13.4. The molecule has 1 heteroatoms. The lowest BCUT2D eigenvalue weighted by Gasteiger charge is -2.22. The van der Waals surface area contributed by atoms with Crippen LogP contribution >= 0.6 is 0 Å². The molecule has 1 unspecified atom stereocenters. The molecule has 1 nitrogen and oxygen atoms in total. The summed E-state index contributed by atoms with van der Waals surface area (Å²) < 4.78 is 51.5. The number of hydrogen-bond acceptors (Lipinski definition) is 0. The summed E-state index contributed by atoms with van der Waals surface area (Å²) in [6.07, 6.45) is 6.20. The van der Waals surface area contributed by atoms with Gasteiger partial charge in [-0.15, -0.1) is 0 Å². The summed E-state index contributed by atoms with van der Waals surface area (Å²) in [5.41, 5.74) is 5.15. The van der Waals surface area contributed by atoms with Gasteiger partial charge in [-0.2, -0.15) is 0 Å². The van der Waals surface area contributed by atoms with Gasteiger partial charge in [0.1, 0.15) is 8.42 Å². The number of benzene rings is 2. The SMILES string of the molecule is [2H]c1c([2H])[n+](C)c(-c2cc(C([2H])(C)C([2H])([2H])[2H])cc(C)c2C)c2ccc(C3CCCCC3)cc12. The van der Waals surface area contributed by atoms with Crippen molar-refractivity contribution in [3.63, 3.8) is 0 Å². The first-order chi connectivity index (χ1) is 15.8. The zero-order chi connectivity index (χ0) is 25.0. The molecule has 1 atom stereocenters. The van der Waals surface area contributed by atoms with Crippen LogP contribution in [0.4, 0.5) is 0 Å². The predicted molar refractivity (Wildman–Crippen MR) is 120 cm³/mol. The Morgan fingerprint density at radius 2 is 1.93 bits per heavy atom. The van der Waals surface area contributed by atoms with Gasteiger partial charge in [0, 0.05) is 11.5 Å². The minimum atomic E-state index is -2.48. The average Bonchev–Trinajstić information content (AvgIpc) is 2.79. The van der Waals surface area contributed by atoms with E-state index in [0.717, 1.165) is 46.0 Å². The van der Waals surface area contributed by atoms with E-state index in [4.69, 9.17) is 8.22 Å². The molecular weight excluding hydrogens is 338 g/mol. The maximum Gasteiger partial charge on any atom is 0.220 e. The van der Waals surface area contributed by atoms with Crippen LogP contribution in [0, 0.1) is 13.8 Å². The van der Waals surface area contributed by atoms with Gasteiger partial charge in [-0.05, 0) is 78.3 Å². The molecule has 0 N–H and O–H groups in total. The highest BCUT2D eigenvalue weighted by Gasteiger charge is 2.21. The standard InChI is InChI=1S/C27H34N/c1-18(2)24-15-19(3)20(4)26(17-24)27-25-12-11-22(21-9-7-6-8-10-21)16-23(25)13-14-28(27)5/h11-18,21H,6-10H2,1-5H3/q+1/i1D3,13D,14D,18D. The second-order valence-corrected chi connectivity index (χ2v) is 8.38. The Hall–Kier alpha value is -2.15. The summed E-state index contributed by atoms with van der Waals surface area (Å²) in [5.74, 6) is -1.26. The fourth-order valence-corrected chi connectivity index (χ4v) is 4.59. The molecule has 146 valence electrons. The molecule has 0 amide bonds. The Kier molecular flexibility index (Phi) is 3.61. The molecule has 0 radical (unpaired) electrons. The van der Waals surface area contributed by atoms with Crippen molar-refractivity contribution in [3.05, 3.63) is 64.8 Å². The summed E-state index contributed by atoms with van der Waals surface area (Å²) in [6, 6.07) is 10.1. The van der Waals surface area contributed by atoms with E-state index in [0.29, 0.717) is 11.5 Å². The van der Waals surface area contributed by atoms with E-state index in [1.165, 1.54) is 31.7 Å². The van der Waals surface area contributed by atoms with E-state index >= 15 is 0 Å². The predicted octanol–water partition coefficient (Wildman–Crippen LogP) is 7.12. The molecule has 0 bridgehead atoms. The van der Waals surface area contributed by atoms with Crippen LogP contribution in [0.15, 0.2) is 42.5 Å². The maximum absolute atomic E-state index is 8.71. The highest BCUT2D eigenvalue weighted by molar-refractivity contribution is 5.94. The van der Waals surface area contributed by atoms with Gasteiger partial charge in [-0.3, -0.25) is 0 Å². The molecule has 1 saturated carbocycles. The van der Waals surface area contributed by atoms with Gasteiger partial charge in [0.25, 0.3) is 0 Å². The van der Waals surface area contributed by atoms with Crippen LogP contribution in [0.3, 0.4) is 0 Å². The lowest BCUT2D eigenvalue weighted by atomic mass is 9.83. The van der Waals surface area contributed by atoms with Crippen LogP contribution in [-0.2, 0) is 7.05 Å². The number of aryl methyl sites for hydroxylation is 1. The Balaban J connectivity index is 1.99. The van der Waals surface area contributed by atoms with Crippen molar-refractivity contribution in [2.75, 3.05) is 0 Å². The monoisotopic (exact) mass is 378 g/mol. The quantitative estimate of drug-likeness (QED) is 0.427. The highest BCUT2D eigenvalue weighted by Crippen LogP contribution is 2.36. The van der Waals surface area contributed by atoms with Gasteiger partial charge in [-0.1, -0.05) is 51.2 Å². The maximum atomic E-state index is 8.71. The largest absolute Gasteiger partial charge is 0.220 e. The van der Waals surface area contributed by atoms with Crippen molar-refractivity contribution in [1.82, 2.24) is 0 Å². The molecule has 0 spiro atoms. The third-order valence-electron chi connectivity index (χ3n) is 6.42. The van der Waals surface area contributed by atoms with Gasteiger partial charge in [0.05, 0.1) is 12.3 Å². The van der Waals surface area contributed by atoms with Gasteiger partial charge in [-0.25, -0.2) is 4.57 Å². The van der Waals surface area contributed by atoms with Gasteiger partial charge < -0.3 is 0 Å². The minimum absolute atomic E-state index is 0.121. The van der Waals surface area contributed by atoms with E-state index in [-0.39, 0.29) is 12.2 Å². The molecule has 4 rings (SSSR count). The van der Waals surface area contributed by atoms with Crippen molar-refractivity contribution in [2.45, 2.75) is 71.5 Å². The van der Waals surface area contributed by atoms with Crippen LogP contribution in [0.1, 0.15) is 88.2 Å². The molecule has 1 aromatic heterocycles. The van der Waals surface area contributed by atoms with Crippen LogP contribution < -0.4 is 4.57 Å². The molecule has 0 saturated heterocycles. The molecule has 3 aromatic rings. The van der Waals surface area contributed by atoms with Crippen LogP contribution in [0.2, 0.25) is 0 Å². The van der Waals surface area contributed by atoms with Gasteiger partial charge >= 0.3 is 0 Å². The number of aromatic nitrogens is 1. The molecular formula is C27H34N+. The van der Waals surface area contributed by atoms with E-state index < -0.39 is 12.7 Å². The van der Waals surface area contributed by atoms with Gasteiger partial charge in [0.15, 0.2) is 6.17 Å². The molecule has 0 aliphatic heterocycles. The Bertz CT molecular complexity index is 1250. The number of nitrogens with zero attached hydrogens (tertiary/aromatic N) is 1. The molecule has 28 heavy (non-hydrogen) atoms. The Morgan fingerprint density at radius 3 is 2.68 bits per heavy atom. The number of hydrogen-bond donors (Lipinski definition) is 0. The zero-order valence-electron chi connectivity index (χ0n) is 23.4. The summed E-state index contributed by atoms with van der Waals surface area (Å²) in [7, 11) is 1.79. The minimum Gasteiger partial charge on any atom is -0.200 e. The van der Waals surface area contributed by atoms with E-state index in [1.807, 2.05) is 13.8 Å². The summed E-state index contributed by atoms with van der Waals surface area (Å²) >= 11 is 0. The van der Waals surface area contributed by atoms with Crippen molar-refractivity contribution in [1.29, 1.82) is 0 Å². The lowest BCUT2D eigenvalue weighted by molar-refractivity contribution is -0.659. The second kappa shape index (κ2) is 7.70. The van der Waals surface area contributed by atoms with E-state index in [2.05, 4.69) is 18.2 Å². The van der Waals surface area contributed by atoms with Crippen LogP contribution in [-0.4, -0.2) is 0 Å².